The van der Waals surface area contributed by atoms with Crippen molar-refractivity contribution in [1.29, 1.82) is 0 Å². The van der Waals surface area contributed by atoms with Crippen molar-refractivity contribution in [2.24, 2.45) is 0 Å². The maximum Gasteiger partial charge on any atom is 0.200 e. The zero-order valence-corrected chi connectivity index (χ0v) is 21.2. The van der Waals surface area contributed by atoms with E-state index in [2.05, 4.69) is 6.58 Å². The van der Waals surface area contributed by atoms with Crippen molar-refractivity contribution in [3.8, 4) is 0 Å². The molecular weight excluding hydrogens is 684 g/mol. The topological polar surface area (TPSA) is 0 Å². The molecule has 0 nitrogen and oxygen atoms in total. The van der Waals surface area contributed by atoms with E-state index in [4.69, 9.17) is 0 Å². The van der Waals surface area contributed by atoms with Crippen LogP contribution in [0.4, 0.5) is 83.4 Å². The number of benzene rings is 3. The van der Waals surface area contributed by atoms with Crippen LogP contribution in [0.3, 0.4) is 0 Å². The highest BCUT2D eigenvalue weighted by atomic mass is 19.2. The van der Waals surface area contributed by atoms with Crippen LogP contribution in [-0.2, 0) is 0 Å². The lowest BCUT2D eigenvalue weighted by Gasteiger charge is -2.57. The lowest BCUT2D eigenvalue weighted by molar-refractivity contribution is 0.254. The fraction of sp³-hybridized carbons (Fsp3) is 0.0769. The van der Waals surface area contributed by atoms with Crippen LogP contribution in [0.1, 0.15) is 0 Å². The van der Waals surface area contributed by atoms with Gasteiger partial charge in [-0.25, -0.2) is 83.4 Å². The summed E-state index contributed by atoms with van der Waals surface area (Å²) in [6.45, 7) is 2.56. The molecule has 0 aliphatic heterocycles. The Morgan fingerprint density at radius 1 is 0.457 bits per heavy atom. The van der Waals surface area contributed by atoms with Crippen LogP contribution in [0.15, 0.2) is 36.2 Å². The second kappa shape index (κ2) is 11.1. The molecule has 46 heavy (non-hydrogen) atoms. The molecule has 0 saturated carbocycles. The molecular formula is C26H5BF19-. The number of alkyl halides is 1. The summed E-state index contributed by atoms with van der Waals surface area (Å²) >= 11 is 0. The van der Waals surface area contributed by atoms with Gasteiger partial charge in [0.2, 0.25) is 0 Å². The number of halogens is 19. The standard InChI is InChI=1S/C26H5BF19/c1-2-26(24(45)4(28)3-5(29)25(26)46)27(6-9(30)15(36)21(42)16(37)10(6)31,7-11(32)17(38)22(43)18(39)12(7)33)8-13(34)19(40)23(44)20(41)14(8)35/h2-3,24H,1H2/q-1. The highest BCUT2D eigenvalue weighted by Gasteiger charge is 2.64. The average molecular weight is 689 g/mol. The van der Waals surface area contributed by atoms with Gasteiger partial charge in [0.1, 0.15) is 58.9 Å². The molecule has 0 amide bonds. The minimum Gasteiger partial charge on any atom is -0.242 e. The molecule has 0 heterocycles. The first-order chi connectivity index (χ1) is 21.2. The minimum absolute atomic E-state index is 0.821. The maximum atomic E-state index is 16.0. The molecule has 4 rings (SSSR count). The van der Waals surface area contributed by atoms with E-state index >= 15 is 35.1 Å². The number of allylic oxidation sites excluding steroid dienone is 5. The van der Waals surface area contributed by atoms with Gasteiger partial charge in [0, 0.05) is 6.08 Å². The van der Waals surface area contributed by atoms with Crippen molar-refractivity contribution >= 4 is 22.5 Å². The molecule has 20 heteroatoms. The Hall–Kier alpha value is -4.39. The highest BCUT2D eigenvalue weighted by Crippen LogP contribution is 2.58. The van der Waals surface area contributed by atoms with Crippen LogP contribution in [0.25, 0.3) is 0 Å². The zero-order chi connectivity index (χ0) is 35.1. The van der Waals surface area contributed by atoms with Crippen LogP contribution in [-0.4, -0.2) is 12.3 Å². The summed E-state index contributed by atoms with van der Waals surface area (Å²) in [6, 6.07) is 0. The molecule has 0 bridgehead atoms. The van der Waals surface area contributed by atoms with Crippen molar-refractivity contribution < 1.29 is 83.4 Å². The Morgan fingerprint density at radius 3 is 0.935 bits per heavy atom. The summed E-state index contributed by atoms with van der Waals surface area (Å²) in [6.07, 6.45) is -13.3. The summed E-state index contributed by atoms with van der Waals surface area (Å²) < 4.78 is 286. The first-order valence-electron chi connectivity index (χ1n) is 11.6. The number of hydrogen-bond donors (Lipinski definition) is 0. The van der Waals surface area contributed by atoms with Crippen LogP contribution in [0, 0.1) is 87.3 Å². The second-order valence-corrected chi connectivity index (χ2v) is 9.51. The van der Waals surface area contributed by atoms with Gasteiger partial charge in [-0.05, 0) is 5.31 Å². The lowest BCUT2D eigenvalue weighted by Crippen LogP contribution is -2.80. The maximum absolute atomic E-state index is 16.0. The Labute approximate surface area is 241 Å². The molecule has 2 unspecified atom stereocenters. The van der Waals surface area contributed by atoms with Gasteiger partial charge in [0.05, 0.1) is 0 Å². The average Bonchev–Trinajstić information content (AvgIpc) is 3.02. The lowest BCUT2D eigenvalue weighted by atomic mass is 9.04. The van der Waals surface area contributed by atoms with Gasteiger partial charge in [-0.15, -0.1) is 29.0 Å². The molecule has 3 aromatic carbocycles. The Balaban J connectivity index is 2.70. The molecule has 0 aromatic heterocycles. The van der Waals surface area contributed by atoms with Crippen molar-refractivity contribution in [2.45, 2.75) is 11.5 Å². The van der Waals surface area contributed by atoms with Gasteiger partial charge in [0.15, 0.2) is 58.2 Å². The molecule has 0 saturated heterocycles. The second-order valence-electron chi connectivity index (χ2n) is 9.51. The van der Waals surface area contributed by atoms with Crippen LogP contribution < -0.4 is 16.4 Å². The predicted molar refractivity (Wildman–Crippen MR) is 120 cm³/mol. The molecule has 0 radical (unpaired) electrons. The van der Waals surface area contributed by atoms with Crippen LogP contribution in [0.2, 0.25) is 5.31 Å². The van der Waals surface area contributed by atoms with E-state index in [0.717, 1.165) is 0 Å². The monoisotopic (exact) mass is 689 g/mol. The van der Waals surface area contributed by atoms with Gasteiger partial charge in [-0.3, -0.25) is 0 Å². The predicted octanol–water partition coefficient (Wildman–Crippen LogP) is 7.53. The third kappa shape index (κ3) is 3.99. The van der Waals surface area contributed by atoms with Crippen molar-refractivity contribution in [3.63, 3.8) is 0 Å². The summed E-state index contributed by atoms with van der Waals surface area (Å²) in [7, 11) is 0. The summed E-state index contributed by atoms with van der Waals surface area (Å²) in [5, 5.41) is -5.27. The normalized spacial score (nSPS) is 18.8. The van der Waals surface area contributed by atoms with Gasteiger partial charge < -0.3 is 0 Å². The van der Waals surface area contributed by atoms with Gasteiger partial charge in [-0.2, -0.15) is 0 Å². The van der Waals surface area contributed by atoms with Crippen LogP contribution in [0.5, 0.6) is 0 Å². The third-order valence-electron chi connectivity index (χ3n) is 7.60. The molecule has 0 spiro atoms. The van der Waals surface area contributed by atoms with E-state index in [9.17, 15) is 48.3 Å². The fourth-order valence-electron chi connectivity index (χ4n) is 5.74. The van der Waals surface area contributed by atoms with Crippen molar-refractivity contribution in [2.75, 3.05) is 0 Å². The third-order valence-corrected chi connectivity index (χ3v) is 7.60. The summed E-state index contributed by atoms with van der Waals surface area (Å²) in [4.78, 5) is 0. The van der Waals surface area contributed by atoms with Crippen molar-refractivity contribution in [1.82, 2.24) is 0 Å². The zero-order valence-electron chi connectivity index (χ0n) is 21.2. The van der Waals surface area contributed by atoms with Gasteiger partial charge in [-0.1, -0.05) is 0 Å². The molecule has 1 aliphatic rings. The molecule has 246 valence electrons. The molecule has 0 fully saturated rings. The smallest absolute Gasteiger partial charge is 0.200 e. The molecule has 0 N–H and O–H groups in total. The van der Waals surface area contributed by atoms with Crippen LogP contribution >= 0.6 is 0 Å². The summed E-state index contributed by atoms with van der Waals surface area (Å²) in [5.74, 6) is -61.7. The quantitative estimate of drug-likeness (QED) is 0.0856. The molecule has 3 aromatic rings. The fourth-order valence-corrected chi connectivity index (χ4v) is 5.74. The van der Waals surface area contributed by atoms with E-state index < -0.39 is 151 Å². The highest BCUT2D eigenvalue weighted by molar-refractivity contribution is 7.14. The van der Waals surface area contributed by atoms with E-state index in [1.165, 1.54) is 0 Å². The summed E-state index contributed by atoms with van der Waals surface area (Å²) in [5.41, 5.74) is -10.4. The van der Waals surface area contributed by atoms with E-state index in [0.29, 0.717) is 0 Å². The molecule has 2 atom stereocenters. The van der Waals surface area contributed by atoms with E-state index in [1.807, 2.05) is 0 Å². The van der Waals surface area contributed by atoms with E-state index in [-0.39, 0.29) is 0 Å². The minimum atomic E-state index is -7.13. The Kier molecular flexibility index (Phi) is 8.36. The number of hydrogen-bond acceptors (Lipinski definition) is 0. The largest absolute Gasteiger partial charge is 0.242 e. The Bertz CT molecular complexity index is 1670. The first kappa shape index (κ1) is 34.5. The van der Waals surface area contributed by atoms with Crippen molar-refractivity contribution in [3.05, 3.63) is 123 Å². The van der Waals surface area contributed by atoms with Gasteiger partial charge >= 0.3 is 0 Å². The molecule has 1 aliphatic carbocycles. The number of rotatable bonds is 5. The van der Waals surface area contributed by atoms with Gasteiger partial charge in [0.25, 0.3) is 0 Å². The SMILES string of the molecule is C=CC1([B-](c2c(F)c(F)c(F)c(F)c2F)(c2c(F)c(F)c(F)c(F)c2F)c2c(F)c(F)c(F)c(F)c2F)C(F)=C(F)C=C(F)C1F. The first-order valence-corrected chi connectivity index (χ1v) is 11.6. The Morgan fingerprint density at radius 2 is 0.696 bits per heavy atom. The van der Waals surface area contributed by atoms with E-state index in [1.54, 1.807) is 0 Å².